The zero-order valence-electron chi connectivity index (χ0n) is 12.7. The Kier molecular flexibility index (Phi) is 4.05. The molecule has 0 unspecified atom stereocenters. The van der Waals surface area contributed by atoms with Crippen LogP contribution in [0.25, 0.3) is 11.4 Å². The fraction of sp³-hybridized carbons (Fsp3) is 0.118. The topological polar surface area (TPSA) is 96.7 Å². The number of aryl methyl sites for hydroxylation is 1. The number of H-pyrrole nitrogens is 1. The van der Waals surface area contributed by atoms with Gasteiger partial charge in [-0.1, -0.05) is 24.3 Å². The number of carbonyl (C=O) groups is 1. The van der Waals surface area contributed by atoms with Crippen LogP contribution in [0.3, 0.4) is 0 Å². The summed E-state index contributed by atoms with van der Waals surface area (Å²) in [7, 11) is 0. The van der Waals surface area contributed by atoms with Crippen molar-refractivity contribution in [3.8, 4) is 11.4 Å². The number of aromatic nitrogens is 3. The monoisotopic (exact) mass is 307 g/mol. The molecule has 23 heavy (non-hydrogen) atoms. The molecule has 0 fully saturated rings. The van der Waals surface area contributed by atoms with Crippen molar-refractivity contribution in [2.45, 2.75) is 13.3 Å². The van der Waals surface area contributed by atoms with Crippen LogP contribution in [0.5, 0.6) is 0 Å². The third kappa shape index (κ3) is 3.74. The highest BCUT2D eigenvalue weighted by molar-refractivity contribution is 5.92. The molecule has 3 rings (SSSR count). The molecule has 1 amide bonds. The minimum Gasteiger partial charge on any atom is -0.399 e. The maximum Gasteiger partial charge on any atom is 0.228 e. The number of amides is 1. The number of nitrogens with two attached hydrogens (primary N) is 1. The Balaban J connectivity index is 1.70. The molecule has 0 radical (unpaired) electrons. The largest absolute Gasteiger partial charge is 0.399 e. The van der Waals surface area contributed by atoms with Crippen molar-refractivity contribution in [1.29, 1.82) is 0 Å². The summed E-state index contributed by atoms with van der Waals surface area (Å²) in [4.78, 5) is 16.4. The predicted octanol–water partition coefficient (Wildman–Crippen LogP) is 2.54. The van der Waals surface area contributed by atoms with Gasteiger partial charge in [-0.3, -0.25) is 9.89 Å². The summed E-state index contributed by atoms with van der Waals surface area (Å²) in [6.07, 6.45) is 0.296. The molecule has 0 atom stereocenters. The molecule has 116 valence electrons. The van der Waals surface area contributed by atoms with Crippen LogP contribution in [0.15, 0.2) is 48.5 Å². The molecule has 4 N–H and O–H groups in total. The summed E-state index contributed by atoms with van der Waals surface area (Å²) in [5.74, 6) is 1.27. The second-order valence-corrected chi connectivity index (χ2v) is 5.29. The van der Waals surface area contributed by atoms with Gasteiger partial charge in [0.1, 0.15) is 5.82 Å². The second kappa shape index (κ2) is 6.31. The molecule has 1 aromatic heterocycles. The molecule has 0 bridgehead atoms. The molecule has 0 saturated carbocycles. The number of benzene rings is 2. The van der Waals surface area contributed by atoms with Gasteiger partial charge in [-0.15, -0.1) is 0 Å². The summed E-state index contributed by atoms with van der Waals surface area (Å²) in [6, 6.07) is 14.7. The molecule has 0 aliphatic rings. The van der Waals surface area contributed by atoms with Crippen molar-refractivity contribution in [3.63, 3.8) is 0 Å². The number of nitrogen functional groups attached to an aromatic ring is 1. The lowest BCUT2D eigenvalue weighted by atomic mass is 10.1. The fourth-order valence-corrected chi connectivity index (χ4v) is 2.23. The minimum atomic E-state index is -0.0851. The van der Waals surface area contributed by atoms with Crippen molar-refractivity contribution in [2.75, 3.05) is 11.1 Å². The molecule has 6 heteroatoms. The van der Waals surface area contributed by atoms with Gasteiger partial charge in [-0.05, 0) is 36.8 Å². The maximum atomic E-state index is 12.1. The molecular weight excluding hydrogens is 290 g/mol. The van der Waals surface area contributed by atoms with Gasteiger partial charge in [0.2, 0.25) is 5.91 Å². The molecule has 0 spiro atoms. The van der Waals surface area contributed by atoms with Gasteiger partial charge in [0.05, 0.1) is 6.42 Å². The number of nitrogens with one attached hydrogen (secondary N) is 2. The Morgan fingerprint density at radius 1 is 1.22 bits per heavy atom. The first-order valence-corrected chi connectivity index (χ1v) is 7.24. The summed E-state index contributed by atoms with van der Waals surface area (Å²) in [6.45, 7) is 1.84. The lowest BCUT2D eigenvalue weighted by Crippen LogP contribution is -2.14. The smallest absolute Gasteiger partial charge is 0.228 e. The molecule has 1 heterocycles. The number of carbonyl (C=O) groups excluding carboxylic acids is 1. The zero-order chi connectivity index (χ0) is 16.2. The van der Waals surface area contributed by atoms with Gasteiger partial charge in [0, 0.05) is 16.9 Å². The highest BCUT2D eigenvalue weighted by atomic mass is 16.1. The van der Waals surface area contributed by atoms with Crippen LogP contribution in [-0.2, 0) is 11.2 Å². The first-order valence-electron chi connectivity index (χ1n) is 7.24. The van der Waals surface area contributed by atoms with Crippen LogP contribution in [0.1, 0.15) is 11.4 Å². The van der Waals surface area contributed by atoms with Gasteiger partial charge in [-0.2, -0.15) is 5.10 Å². The van der Waals surface area contributed by atoms with Crippen LogP contribution in [0.2, 0.25) is 0 Å². The predicted molar refractivity (Wildman–Crippen MR) is 89.7 cm³/mol. The van der Waals surface area contributed by atoms with Crippen molar-refractivity contribution in [1.82, 2.24) is 15.2 Å². The van der Waals surface area contributed by atoms with Gasteiger partial charge >= 0.3 is 0 Å². The van der Waals surface area contributed by atoms with E-state index in [0.29, 0.717) is 23.6 Å². The summed E-state index contributed by atoms with van der Waals surface area (Å²) in [5.41, 5.74) is 8.80. The van der Waals surface area contributed by atoms with Gasteiger partial charge in [-0.25, -0.2) is 4.98 Å². The normalized spacial score (nSPS) is 10.5. The number of hydrogen-bond donors (Lipinski definition) is 3. The summed E-state index contributed by atoms with van der Waals surface area (Å²) < 4.78 is 0. The standard InChI is InChI=1S/C17H17N5O/c1-11-19-17(22-21-11)13-3-2-4-15(10-13)20-16(23)9-12-5-7-14(18)8-6-12/h2-8,10H,9,18H2,1H3,(H,20,23)(H,19,21,22). The van der Waals surface area contributed by atoms with Crippen molar-refractivity contribution >= 4 is 17.3 Å². The zero-order valence-corrected chi connectivity index (χ0v) is 12.7. The van der Waals surface area contributed by atoms with Gasteiger partial charge in [0.25, 0.3) is 0 Å². The minimum absolute atomic E-state index is 0.0851. The first-order chi connectivity index (χ1) is 11.1. The summed E-state index contributed by atoms with van der Waals surface area (Å²) in [5, 5.41) is 9.81. The fourth-order valence-electron chi connectivity index (χ4n) is 2.23. The highest BCUT2D eigenvalue weighted by Gasteiger charge is 2.07. The van der Waals surface area contributed by atoms with E-state index in [0.717, 1.165) is 17.0 Å². The Bertz CT molecular complexity index is 823. The third-order valence-corrected chi connectivity index (χ3v) is 3.35. The van der Waals surface area contributed by atoms with E-state index in [2.05, 4.69) is 20.5 Å². The molecule has 2 aromatic carbocycles. The Labute approximate surface area is 133 Å². The van der Waals surface area contributed by atoms with E-state index < -0.39 is 0 Å². The van der Waals surface area contributed by atoms with Crippen molar-refractivity contribution in [3.05, 3.63) is 59.9 Å². The van der Waals surface area contributed by atoms with Crippen LogP contribution in [0.4, 0.5) is 11.4 Å². The van der Waals surface area contributed by atoms with Crippen molar-refractivity contribution in [2.24, 2.45) is 0 Å². The number of rotatable bonds is 4. The first kappa shape index (κ1) is 14.8. The van der Waals surface area contributed by atoms with Crippen LogP contribution >= 0.6 is 0 Å². The lowest BCUT2D eigenvalue weighted by molar-refractivity contribution is -0.115. The van der Waals surface area contributed by atoms with E-state index >= 15 is 0 Å². The molecule has 0 saturated heterocycles. The average Bonchev–Trinajstić information content (AvgIpc) is 2.96. The average molecular weight is 307 g/mol. The Morgan fingerprint density at radius 2 is 2.00 bits per heavy atom. The number of nitrogens with zero attached hydrogens (tertiary/aromatic N) is 2. The molecule has 3 aromatic rings. The molecule has 0 aliphatic carbocycles. The molecular formula is C17H17N5O. The van der Waals surface area contributed by atoms with Crippen molar-refractivity contribution < 1.29 is 4.79 Å². The van der Waals surface area contributed by atoms with E-state index in [4.69, 9.17) is 5.73 Å². The van der Waals surface area contributed by atoms with E-state index in [9.17, 15) is 4.79 Å². The van der Waals surface area contributed by atoms with Gasteiger partial charge in [0.15, 0.2) is 5.82 Å². The van der Waals surface area contributed by atoms with Crippen LogP contribution in [-0.4, -0.2) is 21.1 Å². The van der Waals surface area contributed by atoms with Crippen LogP contribution < -0.4 is 11.1 Å². The highest BCUT2D eigenvalue weighted by Crippen LogP contribution is 2.19. The van der Waals surface area contributed by atoms with E-state index in [1.54, 1.807) is 12.1 Å². The lowest BCUT2D eigenvalue weighted by Gasteiger charge is -2.07. The van der Waals surface area contributed by atoms with E-state index in [1.807, 2.05) is 43.3 Å². The number of aromatic amines is 1. The number of hydrogen-bond acceptors (Lipinski definition) is 4. The van der Waals surface area contributed by atoms with Crippen LogP contribution in [0, 0.1) is 6.92 Å². The molecule has 6 nitrogen and oxygen atoms in total. The quantitative estimate of drug-likeness (QED) is 0.645. The Hall–Kier alpha value is -3.15. The third-order valence-electron chi connectivity index (χ3n) is 3.35. The number of anilines is 2. The van der Waals surface area contributed by atoms with E-state index in [1.165, 1.54) is 0 Å². The maximum absolute atomic E-state index is 12.1. The summed E-state index contributed by atoms with van der Waals surface area (Å²) >= 11 is 0. The Morgan fingerprint density at radius 3 is 2.70 bits per heavy atom. The van der Waals surface area contributed by atoms with Gasteiger partial charge < -0.3 is 11.1 Å². The second-order valence-electron chi connectivity index (χ2n) is 5.29. The SMILES string of the molecule is Cc1nc(-c2cccc(NC(=O)Cc3ccc(N)cc3)c2)n[nH]1. The molecule has 0 aliphatic heterocycles. The van der Waals surface area contributed by atoms with E-state index in [-0.39, 0.29) is 5.91 Å².